The molecule has 24 heavy (non-hydrogen) atoms. The first-order chi connectivity index (χ1) is 11.6. The lowest BCUT2D eigenvalue weighted by molar-refractivity contribution is 0.288. The number of hydrogen-bond acceptors (Lipinski definition) is 5. The number of fused-ring (bicyclic) bond motifs is 1. The molecule has 0 amide bonds. The second kappa shape index (κ2) is 7.11. The van der Waals surface area contributed by atoms with Gasteiger partial charge in [-0.25, -0.2) is 9.37 Å². The molecular weight excluding hydrogens is 331 g/mol. The van der Waals surface area contributed by atoms with Crippen LogP contribution in [0.2, 0.25) is 0 Å². The average Bonchev–Trinajstić information content (AvgIpc) is 2.88. The van der Waals surface area contributed by atoms with Crippen LogP contribution in [-0.4, -0.2) is 21.1 Å². The van der Waals surface area contributed by atoms with Gasteiger partial charge in [-0.1, -0.05) is 0 Å². The molecule has 0 aliphatic heterocycles. The number of aliphatic hydroxyl groups is 1. The third-order valence-electron chi connectivity index (χ3n) is 3.63. The minimum atomic E-state index is -0.329. The number of ether oxygens (including phenoxy) is 1. The van der Waals surface area contributed by atoms with Gasteiger partial charge in [0.2, 0.25) is 0 Å². The molecule has 0 atom stereocenters. The van der Waals surface area contributed by atoms with Crippen molar-refractivity contribution in [3.63, 3.8) is 0 Å². The molecule has 3 aromatic rings. The van der Waals surface area contributed by atoms with Crippen LogP contribution in [0.25, 0.3) is 4.96 Å². The first-order valence-electron chi connectivity index (χ1n) is 7.58. The molecule has 0 spiro atoms. The lowest BCUT2D eigenvalue weighted by atomic mass is 10.2. The molecule has 126 valence electrons. The number of nitrogens with zero attached hydrogens (tertiary/aromatic N) is 2. The molecule has 0 radical (unpaired) electrons. The molecule has 1 aromatic carbocycles. The number of benzene rings is 1. The van der Waals surface area contributed by atoms with Crippen LogP contribution in [0.5, 0.6) is 5.75 Å². The third-order valence-corrected chi connectivity index (χ3v) is 4.63. The van der Waals surface area contributed by atoms with E-state index in [1.54, 1.807) is 4.40 Å². The van der Waals surface area contributed by atoms with E-state index in [1.165, 1.54) is 41.7 Å². The Hall–Kier alpha value is -2.25. The number of thiazole rings is 1. The summed E-state index contributed by atoms with van der Waals surface area (Å²) in [6.07, 6.45) is 1.24. The molecule has 0 fully saturated rings. The highest BCUT2D eigenvalue weighted by Gasteiger charge is 2.13. The van der Waals surface area contributed by atoms with Gasteiger partial charge in [0.05, 0.1) is 5.69 Å². The maximum atomic E-state index is 12.9. The molecule has 0 aliphatic rings. The van der Waals surface area contributed by atoms with Gasteiger partial charge in [0.1, 0.15) is 18.2 Å². The van der Waals surface area contributed by atoms with Crippen LogP contribution in [0.15, 0.2) is 35.1 Å². The van der Waals surface area contributed by atoms with Crippen LogP contribution in [0, 0.1) is 12.7 Å². The summed E-state index contributed by atoms with van der Waals surface area (Å²) in [6.45, 7) is 2.17. The second-order valence-corrected chi connectivity index (χ2v) is 6.56. The molecule has 2 aromatic heterocycles. The zero-order chi connectivity index (χ0) is 17.1. The second-order valence-electron chi connectivity index (χ2n) is 5.38. The summed E-state index contributed by atoms with van der Waals surface area (Å²) in [7, 11) is 0. The fourth-order valence-corrected chi connectivity index (χ4v) is 3.51. The van der Waals surface area contributed by atoms with Gasteiger partial charge in [-0.05, 0) is 44.0 Å². The van der Waals surface area contributed by atoms with E-state index in [4.69, 9.17) is 9.84 Å². The van der Waals surface area contributed by atoms with Gasteiger partial charge in [-0.3, -0.25) is 9.20 Å². The SMILES string of the molecule is Cc1sc2nc(COc3ccc(F)cc3)cc(=O)n2c1CCCO. The van der Waals surface area contributed by atoms with E-state index >= 15 is 0 Å². The minimum absolute atomic E-state index is 0.0859. The molecule has 5 nitrogen and oxygen atoms in total. The Bertz CT molecular complexity index is 903. The number of hydrogen-bond donors (Lipinski definition) is 1. The fraction of sp³-hybridized carbons (Fsp3) is 0.294. The Labute approximate surface area is 142 Å². The predicted octanol–water partition coefficient (Wildman–Crippen LogP) is 2.71. The maximum Gasteiger partial charge on any atom is 0.259 e. The largest absolute Gasteiger partial charge is 0.487 e. The quantitative estimate of drug-likeness (QED) is 0.744. The molecule has 3 rings (SSSR count). The van der Waals surface area contributed by atoms with Crippen molar-refractivity contribution in [1.82, 2.24) is 9.38 Å². The van der Waals surface area contributed by atoms with Crippen molar-refractivity contribution in [2.24, 2.45) is 0 Å². The Morgan fingerprint density at radius 1 is 1.33 bits per heavy atom. The van der Waals surface area contributed by atoms with E-state index in [0.717, 1.165) is 10.6 Å². The van der Waals surface area contributed by atoms with E-state index < -0.39 is 0 Å². The number of aliphatic hydroxyl groups excluding tert-OH is 1. The maximum absolute atomic E-state index is 12.9. The van der Waals surface area contributed by atoms with Crippen molar-refractivity contribution in [3.05, 3.63) is 62.8 Å². The summed E-state index contributed by atoms with van der Waals surface area (Å²) in [6, 6.07) is 7.14. The monoisotopic (exact) mass is 348 g/mol. The topological polar surface area (TPSA) is 63.8 Å². The van der Waals surface area contributed by atoms with E-state index in [2.05, 4.69) is 4.98 Å². The van der Waals surface area contributed by atoms with Crippen molar-refractivity contribution in [3.8, 4) is 5.75 Å². The summed E-state index contributed by atoms with van der Waals surface area (Å²) in [4.78, 5) is 18.5. The molecule has 1 N–H and O–H groups in total. The lowest BCUT2D eigenvalue weighted by Crippen LogP contribution is -2.17. The molecule has 0 aliphatic carbocycles. The van der Waals surface area contributed by atoms with E-state index in [9.17, 15) is 9.18 Å². The van der Waals surface area contributed by atoms with Crippen LogP contribution >= 0.6 is 11.3 Å². The zero-order valence-corrected chi connectivity index (χ0v) is 14.0. The van der Waals surface area contributed by atoms with Crippen molar-refractivity contribution in [2.75, 3.05) is 6.61 Å². The molecule has 0 saturated carbocycles. The Kier molecular flexibility index (Phi) is 4.92. The highest BCUT2D eigenvalue weighted by molar-refractivity contribution is 7.17. The molecule has 2 heterocycles. The van der Waals surface area contributed by atoms with Gasteiger partial charge in [0.25, 0.3) is 5.56 Å². The third kappa shape index (κ3) is 3.47. The highest BCUT2D eigenvalue weighted by atomic mass is 32.1. The van der Waals surface area contributed by atoms with Crippen LogP contribution in [-0.2, 0) is 13.0 Å². The predicted molar refractivity (Wildman–Crippen MR) is 90.2 cm³/mol. The summed E-state index contributed by atoms with van der Waals surface area (Å²) < 4.78 is 20.0. The Morgan fingerprint density at radius 3 is 2.79 bits per heavy atom. The molecule has 0 saturated heterocycles. The van der Waals surface area contributed by atoms with Gasteiger partial charge >= 0.3 is 0 Å². The van der Waals surface area contributed by atoms with Crippen LogP contribution in [0.4, 0.5) is 4.39 Å². The highest BCUT2D eigenvalue weighted by Crippen LogP contribution is 2.21. The van der Waals surface area contributed by atoms with E-state index in [-0.39, 0.29) is 24.6 Å². The fourth-order valence-electron chi connectivity index (χ4n) is 2.47. The number of rotatable bonds is 6. The number of aromatic nitrogens is 2. The Balaban J connectivity index is 1.85. The standard InChI is InChI=1S/C17H17FN2O3S/c1-11-15(3-2-8-21)20-16(22)9-13(19-17(20)24-11)10-23-14-6-4-12(18)5-7-14/h4-7,9,21H,2-3,8,10H2,1H3. The normalized spacial score (nSPS) is 11.1. The number of aryl methyl sites for hydroxylation is 2. The molecular formula is C17H17FN2O3S. The van der Waals surface area contributed by atoms with Gasteiger partial charge in [0, 0.05) is 23.2 Å². The average molecular weight is 348 g/mol. The summed E-state index contributed by atoms with van der Waals surface area (Å²) in [5.41, 5.74) is 1.27. The van der Waals surface area contributed by atoms with Crippen molar-refractivity contribution >= 4 is 16.3 Å². The van der Waals surface area contributed by atoms with Gasteiger partial charge in [-0.2, -0.15) is 0 Å². The van der Waals surface area contributed by atoms with Crippen LogP contribution < -0.4 is 10.3 Å². The van der Waals surface area contributed by atoms with Crippen molar-refractivity contribution in [1.29, 1.82) is 0 Å². The molecule has 7 heteroatoms. The smallest absolute Gasteiger partial charge is 0.259 e. The summed E-state index contributed by atoms with van der Waals surface area (Å²) in [5.74, 6) is 0.189. The minimum Gasteiger partial charge on any atom is -0.487 e. The first kappa shape index (κ1) is 16.6. The van der Waals surface area contributed by atoms with Crippen LogP contribution in [0.1, 0.15) is 22.7 Å². The number of halogens is 1. The molecule has 0 bridgehead atoms. The lowest BCUT2D eigenvalue weighted by Gasteiger charge is -2.06. The van der Waals surface area contributed by atoms with E-state index in [0.29, 0.717) is 29.2 Å². The van der Waals surface area contributed by atoms with Crippen LogP contribution in [0.3, 0.4) is 0 Å². The van der Waals surface area contributed by atoms with Gasteiger partial charge in [0.15, 0.2) is 4.96 Å². The summed E-state index contributed by atoms with van der Waals surface area (Å²) in [5, 5.41) is 9.00. The van der Waals surface area contributed by atoms with Crippen molar-refractivity contribution < 1.29 is 14.2 Å². The Morgan fingerprint density at radius 2 is 2.08 bits per heavy atom. The van der Waals surface area contributed by atoms with Crippen molar-refractivity contribution in [2.45, 2.75) is 26.4 Å². The molecule has 0 unspecified atom stereocenters. The van der Waals surface area contributed by atoms with E-state index in [1.807, 2.05) is 6.92 Å². The van der Waals surface area contributed by atoms with Gasteiger partial charge < -0.3 is 9.84 Å². The zero-order valence-electron chi connectivity index (χ0n) is 13.2. The van der Waals surface area contributed by atoms with Gasteiger partial charge in [-0.15, -0.1) is 11.3 Å². The first-order valence-corrected chi connectivity index (χ1v) is 8.40. The summed E-state index contributed by atoms with van der Waals surface area (Å²) >= 11 is 1.45.